The zero-order valence-corrected chi connectivity index (χ0v) is 9.02. The second-order valence-electron chi connectivity index (χ2n) is 3.46. The molecule has 1 rings (SSSR count). The van der Waals surface area contributed by atoms with E-state index in [1.165, 1.54) is 0 Å². The summed E-state index contributed by atoms with van der Waals surface area (Å²) in [6.45, 7) is 3.38. The maximum absolute atomic E-state index is 10.9. The number of esters is 2. The van der Waals surface area contributed by atoms with Crippen LogP contribution >= 0.6 is 0 Å². The third kappa shape index (κ3) is 3.87. The normalized spacial score (nSPS) is 17.8. The Kier molecular flexibility index (Phi) is 4.55. The summed E-state index contributed by atoms with van der Waals surface area (Å²) in [7, 11) is 0. The molecule has 0 N–H and O–H groups in total. The van der Waals surface area contributed by atoms with Crippen molar-refractivity contribution in [1.29, 1.82) is 0 Å². The molecule has 0 saturated carbocycles. The zero-order valence-electron chi connectivity index (χ0n) is 9.02. The van der Waals surface area contributed by atoms with Gasteiger partial charge in [-0.05, 0) is 5.92 Å². The molecule has 1 fully saturated rings. The summed E-state index contributed by atoms with van der Waals surface area (Å²) in [6, 6.07) is 0. The van der Waals surface area contributed by atoms with E-state index in [-0.39, 0.29) is 6.42 Å². The van der Waals surface area contributed by atoms with Crippen LogP contribution in [0, 0.1) is 5.92 Å². The predicted molar refractivity (Wildman–Crippen MR) is 50.6 cm³/mol. The monoisotopic (exact) mass is 216 g/mol. The van der Waals surface area contributed by atoms with Gasteiger partial charge in [0, 0.05) is 0 Å². The molecular weight excluding hydrogens is 200 g/mol. The number of carbonyl (C=O) groups excluding carboxylic acids is 2. The minimum Gasteiger partial charge on any atom is -0.400 e. The van der Waals surface area contributed by atoms with E-state index in [0.717, 1.165) is 12.8 Å². The molecule has 1 aliphatic rings. The first-order valence-electron chi connectivity index (χ1n) is 5.16. The van der Waals surface area contributed by atoms with Crippen LogP contribution in [-0.4, -0.2) is 25.0 Å². The average Bonchev–Trinajstić information content (AvgIpc) is 2.18. The van der Waals surface area contributed by atoms with Crippen molar-refractivity contribution in [3.05, 3.63) is 0 Å². The van der Waals surface area contributed by atoms with Gasteiger partial charge in [-0.1, -0.05) is 26.7 Å². The van der Waals surface area contributed by atoms with Crippen molar-refractivity contribution in [3.63, 3.8) is 0 Å². The SMILES string of the molecule is CCC(CC)COC1OC(=O)CC(=O)O1. The molecule has 0 bridgehead atoms. The lowest BCUT2D eigenvalue weighted by Crippen LogP contribution is -2.35. The maximum atomic E-state index is 10.9. The number of ether oxygens (including phenoxy) is 3. The summed E-state index contributed by atoms with van der Waals surface area (Å²) in [4.78, 5) is 21.7. The Morgan fingerprint density at radius 1 is 1.27 bits per heavy atom. The van der Waals surface area contributed by atoms with Gasteiger partial charge in [-0.3, -0.25) is 9.59 Å². The van der Waals surface area contributed by atoms with Crippen molar-refractivity contribution in [1.82, 2.24) is 0 Å². The van der Waals surface area contributed by atoms with Crippen molar-refractivity contribution in [2.45, 2.75) is 39.6 Å². The topological polar surface area (TPSA) is 61.8 Å². The highest BCUT2D eigenvalue weighted by atomic mass is 16.9. The molecule has 5 heteroatoms. The predicted octanol–water partition coefficient (Wildman–Crippen LogP) is 1.21. The molecular formula is C10H16O5. The summed E-state index contributed by atoms with van der Waals surface area (Å²) in [5, 5.41) is 0. The minimum atomic E-state index is -1.15. The molecule has 0 aromatic carbocycles. The van der Waals surface area contributed by atoms with Crippen LogP contribution in [0.1, 0.15) is 33.1 Å². The van der Waals surface area contributed by atoms with Gasteiger partial charge >= 0.3 is 18.4 Å². The highest BCUT2D eigenvalue weighted by Gasteiger charge is 2.28. The van der Waals surface area contributed by atoms with E-state index in [0.29, 0.717) is 12.5 Å². The summed E-state index contributed by atoms with van der Waals surface area (Å²) >= 11 is 0. The molecule has 0 amide bonds. The molecule has 0 atom stereocenters. The standard InChI is InChI=1S/C10H16O5/c1-3-7(4-2)6-13-10-14-8(11)5-9(12)15-10/h7,10H,3-6H2,1-2H3. The maximum Gasteiger partial charge on any atom is 0.365 e. The largest absolute Gasteiger partial charge is 0.400 e. The van der Waals surface area contributed by atoms with Gasteiger partial charge in [-0.2, -0.15) is 0 Å². The second kappa shape index (κ2) is 5.70. The first-order valence-corrected chi connectivity index (χ1v) is 5.16. The number of carbonyl (C=O) groups is 2. The highest BCUT2D eigenvalue weighted by molar-refractivity contribution is 5.92. The summed E-state index contributed by atoms with van der Waals surface area (Å²) in [5.41, 5.74) is 0. The van der Waals surface area contributed by atoms with Crippen molar-refractivity contribution >= 4 is 11.9 Å². The van der Waals surface area contributed by atoms with Gasteiger partial charge in [0.25, 0.3) is 0 Å². The fraction of sp³-hybridized carbons (Fsp3) is 0.800. The van der Waals surface area contributed by atoms with Crippen LogP contribution in [0.25, 0.3) is 0 Å². The van der Waals surface area contributed by atoms with E-state index in [2.05, 4.69) is 13.8 Å². The third-order valence-corrected chi connectivity index (χ3v) is 2.37. The lowest BCUT2D eigenvalue weighted by atomic mass is 10.1. The smallest absolute Gasteiger partial charge is 0.365 e. The summed E-state index contributed by atoms with van der Waals surface area (Å²) < 4.78 is 14.6. The first-order chi connectivity index (χ1) is 7.15. The Balaban J connectivity index is 2.31. The molecule has 86 valence electrons. The second-order valence-corrected chi connectivity index (χ2v) is 3.46. The van der Waals surface area contributed by atoms with Gasteiger partial charge in [0.2, 0.25) is 0 Å². The Hall–Kier alpha value is -1.10. The van der Waals surface area contributed by atoms with E-state index in [1.54, 1.807) is 0 Å². The quantitative estimate of drug-likeness (QED) is 0.510. The van der Waals surface area contributed by atoms with Crippen LogP contribution < -0.4 is 0 Å². The Morgan fingerprint density at radius 2 is 1.80 bits per heavy atom. The van der Waals surface area contributed by atoms with E-state index in [1.807, 2.05) is 0 Å². The molecule has 1 heterocycles. The van der Waals surface area contributed by atoms with Crippen molar-refractivity contribution < 1.29 is 23.8 Å². The number of hydrogen-bond acceptors (Lipinski definition) is 5. The molecule has 5 nitrogen and oxygen atoms in total. The van der Waals surface area contributed by atoms with Gasteiger partial charge in [0.15, 0.2) is 0 Å². The van der Waals surface area contributed by atoms with Crippen molar-refractivity contribution in [2.24, 2.45) is 5.92 Å². The third-order valence-electron chi connectivity index (χ3n) is 2.37. The lowest BCUT2D eigenvalue weighted by molar-refractivity contribution is -0.280. The average molecular weight is 216 g/mol. The van der Waals surface area contributed by atoms with Gasteiger partial charge in [-0.15, -0.1) is 0 Å². The minimum absolute atomic E-state index is 0.329. The van der Waals surface area contributed by atoms with Gasteiger partial charge in [0.05, 0.1) is 6.61 Å². The van der Waals surface area contributed by atoms with Crippen LogP contribution in [0.3, 0.4) is 0 Å². The highest BCUT2D eigenvalue weighted by Crippen LogP contribution is 2.13. The molecule has 1 aliphatic heterocycles. The van der Waals surface area contributed by atoms with Crippen LogP contribution in [0.2, 0.25) is 0 Å². The molecule has 0 aromatic rings. The van der Waals surface area contributed by atoms with E-state index < -0.39 is 18.4 Å². The van der Waals surface area contributed by atoms with Crippen molar-refractivity contribution in [3.8, 4) is 0 Å². The molecule has 0 aliphatic carbocycles. The van der Waals surface area contributed by atoms with Crippen LogP contribution in [0.15, 0.2) is 0 Å². The van der Waals surface area contributed by atoms with Crippen LogP contribution in [-0.2, 0) is 23.8 Å². The van der Waals surface area contributed by atoms with E-state index in [4.69, 9.17) is 14.2 Å². The van der Waals surface area contributed by atoms with Crippen LogP contribution in [0.5, 0.6) is 0 Å². The molecule has 0 radical (unpaired) electrons. The number of hydrogen-bond donors (Lipinski definition) is 0. The Bertz CT molecular complexity index is 218. The Morgan fingerprint density at radius 3 is 2.27 bits per heavy atom. The van der Waals surface area contributed by atoms with E-state index in [9.17, 15) is 9.59 Å². The zero-order chi connectivity index (χ0) is 11.3. The van der Waals surface area contributed by atoms with E-state index >= 15 is 0 Å². The first kappa shape index (κ1) is 12.0. The molecule has 0 spiro atoms. The number of cyclic esters (lactones) is 2. The summed E-state index contributed by atoms with van der Waals surface area (Å²) in [6.07, 6.45) is 1.63. The molecule has 1 saturated heterocycles. The number of rotatable bonds is 5. The Labute approximate surface area is 88.7 Å². The fourth-order valence-electron chi connectivity index (χ4n) is 1.25. The van der Waals surface area contributed by atoms with Crippen molar-refractivity contribution in [2.75, 3.05) is 6.61 Å². The molecule has 0 unspecified atom stereocenters. The molecule has 15 heavy (non-hydrogen) atoms. The summed E-state index contributed by atoms with van der Waals surface area (Å²) in [5.74, 6) is -0.800. The fourth-order valence-corrected chi connectivity index (χ4v) is 1.25. The van der Waals surface area contributed by atoms with Gasteiger partial charge in [0.1, 0.15) is 6.42 Å². The van der Waals surface area contributed by atoms with Gasteiger partial charge in [-0.25, -0.2) is 0 Å². The van der Waals surface area contributed by atoms with Gasteiger partial charge < -0.3 is 14.2 Å². The lowest BCUT2D eigenvalue weighted by Gasteiger charge is -2.23. The van der Waals surface area contributed by atoms with Crippen LogP contribution in [0.4, 0.5) is 0 Å². The molecule has 0 aromatic heterocycles.